The van der Waals surface area contributed by atoms with Gasteiger partial charge >= 0.3 is 5.97 Å². The molecule has 0 unspecified atom stereocenters. The molecule has 2 N–H and O–H groups in total. The summed E-state index contributed by atoms with van der Waals surface area (Å²) in [7, 11) is 0. The number of nitrogens with zero attached hydrogens (tertiary/aromatic N) is 4. The molecule has 0 radical (unpaired) electrons. The minimum absolute atomic E-state index is 0.311. The van der Waals surface area contributed by atoms with E-state index < -0.39 is 17.8 Å². The van der Waals surface area contributed by atoms with E-state index >= 15 is 0 Å². The van der Waals surface area contributed by atoms with Gasteiger partial charge in [0.15, 0.2) is 0 Å². The van der Waals surface area contributed by atoms with Crippen LogP contribution in [0.2, 0.25) is 0 Å². The summed E-state index contributed by atoms with van der Waals surface area (Å²) in [4.78, 5) is 24.2. The van der Waals surface area contributed by atoms with Crippen LogP contribution in [0.5, 0.6) is 0 Å². The van der Waals surface area contributed by atoms with E-state index in [2.05, 4.69) is 15.5 Å². The van der Waals surface area contributed by atoms with Gasteiger partial charge in [-0.3, -0.25) is 19.0 Å². The molecule has 0 aliphatic carbocycles. The Morgan fingerprint density at radius 3 is 2.67 bits per heavy atom. The Morgan fingerprint density at radius 1 is 1.26 bits per heavy atom. The van der Waals surface area contributed by atoms with Crippen molar-refractivity contribution in [3.63, 3.8) is 0 Å². The second-order valence-electron chi connectivity index (χ2n) is 7.17. The number of carboxylic acids is 1. The molecule has 9 nitrogen and oxygen atoms in total. The Morgan fingerprint density at radius 2 is 2.00 bits per heavy atom. The molecule has 4 heterocycles. The van der Waals surface area contributed by atoms with Gasteiger partial charge in [0.2, 0.25) is 5.91 Å². The van der Waals surface area contributed by atoms with E-state index in [1.54, 1.807) is 17.1 Å². The number of amides is 1. The van der Waals surface area contributed by atoms with Gasteiger partial charge in [-0.1, -0.05) is 0 Å². The number of aromatic nitrogens is 4. The summed E-state index contributed by atoms with van der Waals surface area (Å²) in [5.74, 6) is -2.72. The molecule has 0 saturated carbocycles. The van der Waals surface area contributed by atoms with Crippen molar-refractivity contribution in [2.45, 2.75) is 52.0 Å². The minimum Gasteiger partial charge on any atom is -0.481 e. The van der Waals surface area contributed by atoms with Crippen molar-refractivity contribution < 1.29 is 19.4 Å². The second-order valence-corrected chi connectivity index (χ2v) is 7.17. The third kappa shape index (κ3) is 3.12. The number of ether oxygens (including phenoxy) is 1. The van der Waals surface area contributed by atoms with Gasteiger partial charge in [-0.15, -0.1) is 0 Å². The van der Waals surface area contributed by atoms with Crippen LogP contribution in [-0.2, 0) is 27.4 Å². The smallest absolute Gasteiger partial charge is 0.310 e. The molecule has 9 heteroatoms. The average molecular weight is 373 g/mol. The lowest BCUT2D eigenvalue weighted by molar-refractivity contribution is -0.147. The number of aliphatic carboxylic acids is 1. The van der Waals surface area contributed by atoms with Gasteiger partial charge in [0, 0.05) is 24.0 Å². The number of hydrogen-bond acceptors (Lipinski definition) is 5. The fourth-order valence-corrected chi connectivity index (χ4v) is 4.20. The van der Waals surface area contributed by atoms with E-state index in [0.29, 0.717) is 18.7 Å². The molecule has 2 saturated heterocycles. The van der Waals surface area contributed by atoms with Crippen molar-refractivity contribution >= 4 is 17.6 Å². The quantitative estimate of drug-likeness (QED) is 0.789. The Hall–Kier alpha value is -2.68. The van der Waals surface area contributed by atoms with E-state index in [-0.39, 0.29) is 18.1 Å². The second kappa shape index (κ2) is 6.80. The third-order valence-electron chi connectivity index (χ3n) is 5.60. The maximum Gasteiger partial charge on any atom is 0.310 e. The first kappa shape index (κ1) is 17.7. The van der Waals surface area contributed by atoms with Crippen LogP contribution < -0.4 is 5.32 Å². The maximum absolute atomic E-state index is 12.7. The van der Waals surface area contributed by atoms with Crippen LogP contribution in [0.3, 0.4) is 0 Å². The maximum atomic E-state index is 12.7. The summed E-state index contributed by atoms with van der Waals surface area (Å²) in [6, 6.07) is 0. The van der Waals surface area contributed by atoms with Crippen molar-refractivity contribution in [2.24, 2.45) is 11.8 Å². The first-order valence-corrected chi connectivity index (χ1v) is 9.20. The molecule has 2 aliphatic rings. The molecule has 4 atom stereocenters. The Kier molecular flexibility index (Phi) is 4.47. The first-order valence-electron chi connectivity index (χ1n) is 9.20. The standard InChI is InChI=1S/C18H23N5O4/c1-3-23-10(2)11(6-20-23)8-22-9-12(7-19-22)21-17(24)15-13-4-5-14(27-13)16(15)18(25)26/h6-7,9,13-16H,3-5,8H2,1-2H3,(H,21,24)(H,25,26)/t13-,14-,15-,16+/m1/s1. The van der Waals surface area contributed by atoms with Crippen molar-refractivity contribution in [1.82, 2.24) is 19.6 Å². The lowest BCUT2D eigenvalue weighted by Crippen LogP contribution is -2.40. The van der Waals surface area contributed by atoms with E-state index in [9.17, 15) is 14.7 Å². The van der Waals surface area contributed by atoms with Crippen LogP contribution in [-0.4, -0.2) is 48.8 Å². The molecule has 4 rings (SSSR count). The molecule has 0 aromatic carbocycles. The molecule has 2 aliphatic heterocycles. The van der Waals surface area contributed by atoms with Crippen LogP contribution in [0.1, 0.15) is 31.0 Å². The van der Waals surface area contributed by atoms with E-state index in [1.807, 2.05) is 24.7 Å². The highest BCUT2D eigenvalue weighted by molar-refractivity contribution is 5.96. The van der Waals surface area contributed by atoms with E-state index in [0.717, 1.165) is 24.2 Å². The van der Waals surface area contributed by atoms with Gasteiger partial charge in [0.25, 0.3) is 0 Å². The molecule has 2 aromatic rings. The van der Waals surface area contributed by atoms with E-state index in [1.165, 1.54) is 0 Å². The number of nitrogens with one attached hydrogen (secondary N) is 1. The summed E-state index contributed by atoms with van der Waals surface area (Å²) in [6.07, 6.45) is 5.90. The third-order valence-corrected chi connectivity index (χ3v) is 5.60. The zero-order valence-electron chi connectivity index (χ0n) is 15.3. The van der Waals surface area contributed by atoms with Crippen LogP contribution in [0.4, 0.5) is 5.69 Å². The summed E-state index contributed by atoms with van der Waals surface area (Å²) >= 11 is 0. The molecular formula is C18H23N5O4. The molecule has 2 aromatic heterocycles. The first-order chi connectivity index (χ1) is 13.0. The number of fused-ring (bicyclic) bond motifs is 2. The molecule has 27 heavy (non-hydrogen) atoms. The number of carbonyl (C=O) groups is 2. The number of hydrogen-bond donors (Lipinski definition) is 2. The van der Waals surface area contributed by atoms with Gasteiger partial charge in [0.05, 0.1) is 48.7 Å². The SMILES string of the molecule is CCn1ncc(Cn2cc(NC(=O)[C@H]3[C@@H](C(=O)O)[C@H]4CC[C@H]3O4)cn2)c1C. The zero-order chi connectivity index (χ0) is 19.1. The Labute approximate surface area is 156 Å². The number of carboxylic acid groups (broad SMARTS) is 1. The van der Waals surface area contributed by atoms with Crippen LogP contribution in [0, 0.1) is 18.8 Å². The molecule has 2 bridgehead atoms. The normalized spacial score (nSPS) is 26.4. The molecule has 2 fully saturated rings. The predicted octanol–water partition coefficient (Wildman–Crippen LogP) is 1.27. The van der Waals surface area contributed by atoms with Crippen LogP contribution in [0.15, 0.2) is 18.6 Å². The average Bonchev–Trinajstić information content (AvgIpc) is 3.40. The largest absolute Gasteiger partial charge is 0.481 e. The van der Waals surface area contributed by atoms with Crippen molar-refractivity contribution in [1.29, 1.82) is 0 Å². The number of rotatable bonds is 6. The highest BCUT2D eigenvalue weighted by atomic mass is 16.5. The van der Waals surface area contributed by atoms with Crippen molar-refractivity contribution in [2.75, 3.05) is 5.32 Å². The number of carbonyl (C=O) groups excluding carboxylic acids is 1. The highest BCUT2D eigenvalue weighted by Crippen LogP contribution is 2.44. The van der Waals surface area contributed by atoms with Crippen LogP contribution >= 0.6 is 0 Å². The molecule has 1 amide bonds. The van der Waals surface area contributed by atoms with E-state index in [4.69, 9.17) is 4.74 Å². The Balaban J connectivity index is 1.44. The Bertz CT molecular complexity index is 873. The van der Waals surface area contributed by atoms with Gasteiger partial charge in [-0.2, -0.15) is 10.2 Å². The fourth-order valence-electron chi connectivity index (χ4n) is 4.20. The zero-order valence-corrected chi connectivity index (χ0v) is 15.3. The van der Waals surface area contributed by atoms with Gasteiger partial charge in [-0.05, 0) is 26.7 Å². The monoisotopic (exact) mass is 373 g/mol. The lowest BCUT2D eigenvalue weighted by Gasteiger charge is -2.23. The highest BCUT2D eigenvalue weighted by Gasteiger charge is 2.55. The van der Waals surface area contributed by atoms with Crippen molar-refractivity contribution in [3.05, 3.63) is 29.8 Å². The van der Waals surface area contributed by atoms with Gasteiger partial charge in [-0.25, -0.2) is 0 Å². The molecule has 144 valence electrons. The summed E-state index contributed by atoms with van der Waals surface area (Å²) in [5, 5.41) is 20.9. The summed E-state index contributed by atoms with van der Waals surface area (Å²) in [6.45, 7) is 5.41. The predicted molar refractivity (Wildman–Crippen MR) is 95.1 cm³/mol. The lowest BCUT2D eigenvalue weighted by atomic mass is 9.78. The van der Waals surface area contributed by atoms with Gasteiger partial charge < -0.3 is 15.2 Å². The fraction of sp³-hybridized carbons (Fsp3) is 0.556. The molecule has 0 spiro atoms. The van der Waals surface area contributed by atoms with Crippen LogP contribution in [0.25, 0.3) is 0 Å². The minimum atomic E-state index is -0.971. The van der Waals surface area contributed by atoms with Gasteiger partial charge in [0.1, 0.15) is 0 Å². The summed E-state index contributed by atoms with van der Waals surface area (Å²) in [5.41, 5.74) is 2.69. The topological polar surface area (TPSA) is 111 Å². The van der Waals surface area contributed by atoms with Crippen molar-refractivity contribution in [3.8, 4) is 0 Å². The summed E-state index contributed by atoms with van der Waals surface area (Å²) < 4.78 is 9.30. The number of anilines is 1. The number of aryl methyl sites for hydroxylation is 1. The molecular weight excluding hydrogens is 350 g/mol.